The molecule has 0 bridgehead atoms. The van der Waals surface area contributed by atoms with Gasteiger partial charge in [-0.2, -0.15) is 0 Å². The highest BCUT2D eigenvalue weighted by atomic mass is 31.2. The number of ether oxygens (including phenoxy) is 2. The van der Waals surface area contributed by atoms with Crippen molar-refractivity contribution in [3.8, 4) is 0 Å². The standard InChI is InChI=1S/C43H86NO7P/c1-3-5-7-9-11-13-15-17-19-21-23-25-27-29-31-33-35-38-48-40-42(41-50-52(46,47)49-39-37-44)51-43(45)36-34-32-30-28-26-24-22-20-18-16-14-12-10-8-6-4-2/h20,22,42H,3-19,21,23-41,44H2,1-2H3,(H,46,47)/b22-20-. The number of phosphoric acid groups is 1. The van der Waals surface area contributed by atoms with Crippen LogP contribution in [0.2, 0.25) is 0 Å². The third kappa shape index (κ3) is 40.4. The Balaban J connectivity index is 3.99. The van der Waals surface area contributed by atoms with Crippen molar-refractivity contribution in [2.45, 2.75) is 225 Å². The average molecular weight is 760 g/mol. The van der Waals surface area contributed by atoms with Crippen LogP contribution in [-0.4, -0.2) is 49.9 Å². The topological polar surface area (TPSA) is 117 Å². The molecule has 52 heavy (non-hydrogen) atoms. The second-order valence-corrected chi connectivity index (χ2v) is 16.4. The van der Waals surface area contributed by atoms with E-state index < -0.39 is 13.9 Å². The molecule has 0 heterocycles. The number of hydrogen-bond donors (Lipinski definition) is 2. The zero-order valence-corrected chi connectivity index (χ0v) is 35.2. The van der Waals surface area contributed by atoms with Crippen LogP contribution in [0.25, 0.3) is 0 Å². The highest BCUT2D eigenvalue weighted by Gasteiger charge is 2.25. The third-order valence-electron chi connectivity index (χ3n) is 9.68. The number of esters is 1. The number of nitrogens with two attached hydrogens (primary N) is 1. The second-order valence-electron chi connectivity index (χ2n) is 14.9. The van der Waals surface area contributed by atoms with E-state index in [-0.39, 0.29) is 32.3 Å². The zero-order valence-electron chi connectivity index (χ0n) is 34.3. The first-order valence-electron chi connectivity index (χ1n) is 22.2. The van der Waals surface area contributed by atoms with Crippen LogP contribution in [0.1, 0.15) is 219 Å². The van der Waals surface area contributed by atoms with Gasteiger partial charge in [0.1, 0.15) is 6.10 Å². The minimum absolute atomic E-state index is 0.0937. The molecule has 2 atom stereocenters. The molecule has 0 fully saturated rings. The van der Waals surface area contributed by atoms with Crippen molar-refractivity contribution in [1.29, 1.82) is 0 Å². The van der Waals surface area contributed by atoms with Crippen molar-refractivity contribution in [3.63, 3.8) is 0 Å². The molecule has 0 saturated carbocycles. The van der Waals surface area contributed by atoms with Crippen LogP contribution in [0.3, 0.4) is 0 Å². The molecule has 0 radical (unpaired) electrons. The van der Waals surface area contributed by atoms with Gasteiger partial charge in [-0.1, -0.05) is 187 Å². The summed E-state index contributed by atoms with van der Waals surface area (Å²) >= 11 is 0. The molecule has 0 spiro atoms. The smallest absolute Gasteiger partial charge is 0.457 e. The van der Waals surface area contributed by atoms with Gasteiger partial charge in [0.15, 0.2) is 0 Å². The molecule has 0 aromatic rings. The Hall–Kier alpha value is -0.760. The molecule has 3 N–H and O–H groups in total. The van der Waals surface area contributed by atoms with E-state index in [1.54, 1.807) is 0 Å². The van der Waals surface area contributed by atoms with Gasteiger partial charge in [0.25, 0.3) is 0 Å². The monoisotopic (exact) mass is 760 g/mol. The number of carbonyl (C=O) groups is 1. The van der Waals surface area contributed by atoms with E-state index in [1.165, 1.54) is 154 Å². The predicted molar refractivity (Wildman–Crippen MR) is 220 cm³/mol. The Morgan fingerprint density at radius 2 is 0.962 bits per heavy atom. The number of carbonyl (C=O) groups excluding carboxylic acids is 1. The van der Waals surface area contributed by atoms with E-state index in [0.717, 1.165) is 44.9 Å². The highest BCUT2D eigenvalue weighted by molar-refractivity contribution is 7.47. The number of allylic oxidation sites excluding steroid dienone is 2. The van der Waals surface area contributed by atoms with Gasteiger partial charge in [0.05, 0.1) is 19.8 Å². The molecule has 0 amide bonds. The summed E-state index contributed by atoms with van der Waals surface area (Å²) in [4.78, 5) is 22.5. The van der Waals surface area contributed by atoms with Crippen LogP contribution in [-0.2, 0) is 27.9 Å². The van der Waals surface area contributed by atoms with Gasteiger partial charge in [-0.05, 0) is 38.5 Å². The van der Waals surface area contributed by atoms with E-state index in [9.17, 15) is 14.3 Å². The first kappa shape index (κ1) is 51.2. The van der Waals surface area contributed by atoms with Crippen LogP contribution in [0.15, 0.2) is 12.2 Å². The van der Waals surface area contributed by atoms with Crippen LogP contribution in [0.5, 0.6) is 0 Å². The lowest BCUT2D eigenvalue weighted by Gasteiger charge is -2.20. The van der Waals surface area contributed by atoms with Crippen molar-refractivity contribution in [2.75, 3.05) is 33.0 Å². The summed E-state index contributed by atoms with van der Waals surface area (Å²) in [6.07, 6.45) is 43.7. The summed E-state index contributed by atoms with van der Waals surface area (Å²) in [7, 11) is -4.27. The fourth-order valence-electron chi connectivity index (χ4n) is 6.40. The molecular weight excluding hydrogens is 673 g/mol. The van der Waals surface area contributed by atoms with Crippen molar-refractivity contribution in [3.05, 3.63) is 12.2 Å². The van der Waals surface area contributed by atoms with Crippen molar-refractivity contribution in [2.24, 2.45) is 5.73 Å². The summed E-state index contributed by atoms with van der Waals surface area (Å²) in [5.41, 5.74) is 5.37. The lowest BCUT2D eigenvalue weighted by atomic mass is 10.0. The maximum atomic E-state index is 12.6. The molecule has 2 unspecified atom stereocenters. The number of hydrogen-bond acceptors (Lipinski definition) is 7. The largest absolute Gasteiger partial charge is 0.472 e. The molecule has 0 rings (SSSR count). The van der Waals surface area contributed by atoms with Crippen molar-refractivity contribution >= 4 is 13.8 Å². The summed E-state index contributed by atoms with van der Waals surface area (Å²) in [6.45, 7) is 4.95. The van der Waals surface area contributed by atoms with Crippen molar-refractivity contribution < 1.29 is 32.8 Å². The molecular formula is C43H86NO7P. The molecule has 9 heteroatoms. The molecule has 0 aliphatic carbocycles. The Kier molecular flexibility index (Phi) is 40.8. The lowest BCUT2D eigenvalue weighted by molar-refractivity contribution is -0.154. The normalized spacial score (nSPS) is 13.5. The van der Waals surface area contributed by atoms with E-state index in [0.29, 0.717) is 13.0 Å². The van der Waals surface area contributed by atoms with Gasteiger partial charge in [0.2, 0.25) is 0 Å². The highest BCUT2D eigenvalue weighted by Crippen LogP contribution is 2.43. The fraction of sp³-hybridized carbons (Fsp3) is 0.930. The predicted octanol–water partition coefficient (Wildman–Crippen LogP) is 13.1. The summed E-state index contributed by atoms with van der Waals surface area (Å²) < 4.78 is 33.4. The van der Waals surface area contributed by atoms with Gasteiger partial charge >= 0.3 is 13.8 Å². The van der Waals surface area contributed by atoms with Crippen LogP contribution in [0, 0.1) is 0 Å². The summed E-state index contributed by atoms with van der Waals surface area (Å²) in [6, 6.07) is 0. The van der Waals surface area contributed by atoms with E-state index in [2.05, 4.69) is 26.0 Å². The number of phosphoric ester groups is 1. The average Bonchev–Trinajstić information content (AvgIpc) is 3.13. The minimum Gasteiger partial charge on any atom is -0.457 e. The first-order chi connectivity index (χ1) is 25.4. The van der Waals surface area contributed by atoms with Gasteiger partial charge < -0.3 is 20.1 Å². The van der Waals surface area contributed by atoms with Gasteiger partial charge in [0, 0.05) is 19.6 Å². The van der Waals surface area contributed by atoms with Crippen LogP contribution in [0.4, 0.5) is 0 Å². The zero-order chi connectivity index (χ0) is 38.1. The molecule has 0 saturated heterocycles. The Morgan fingerprint density at radius 3 is 1.40 bits per heavy atom. The van der Waals surface area contributed by atoms with Crippen LogP contribution >= 0.6 is 7.82 Å². The Labute approximate surface area is 322 Å². The lowest BCUT2D eigenvalue weighted by Crippen LogP contribution is -2.28. The van der Waals surface area contributed by atoms with E-state index in [1.807, 2.05) is 0 Å². The minimum atomic E-state index is -4.27. The molecule has 8 nitrogen and oxygen atoms in total. The SMILES string of the molecule is CCCCCCCCC/C=C\CCCCCCCC(=O)OC(COCCCCCCCCCCCCCCCCCCC)COP(=O)(O)OCCN. The van der Waals surface area contributed by atoms with Gasteiger partial charge in [-0.3, -0.25) is 13.8 Å². The van der Waals surface area contributed by atoms with Crippen LogP contribution < -0.4 is 5.73 Å². The number of unbranched alkanes of at least 4 members (excludes halogenated alkanes) is 28. The van der Waals surface area contributed by atoms with Crippen molar-refractivity contribution in [1.82, 2.24) is 0 Å². The third-order valence-corrected chi connectivity index (χ3v) is 10.7. The number of rotatable bonds is 43. The summed E-state index contributed by atoms with van der Waals surface area (Å²) in [5, 5.41) is 0. The molecule has 310 valence electrons. The maximum Gasteiger partial charge on any atom is 0.472 e. The van der Waals surface area contributed by atoms with E-state index >= 15 is 0 Å². The van der Waals surface area contributed by atoms with Gasteiger partial charge in [-0.25, -0.2) is 4.57 Å². The maximum absolute atomic E-state index is 12.6. The first-order valence-corrected chi connectivity index (χ1v) is 23.7. The quantitative estimate of drug-likeness (QED) is 0.0273. The Bertz CT molecular complexity index is 812. The fourth-order valence-corrected chi connectivity index (χ4v) is 7.17. The molecule has 0 aromatic carbocycles. The van der Waals surface area contributed by atoms with Gasteiger partial charge in [-0.15, -0.1) is 0 Å². The molecule has 0 aliphatic heterocycles. The summed E-state index contributed by atoms with van der Waals surface area (Å²) in [5.74, 6) is -0.334. The molecule has 0 aromatic heterocycles. The Morgan fingerprint density at radius 1 is 0.558 bits per heavy atom. The molecule has 0 aliphatic rings. The second kappa shape index (κ2) is 41.4. The van der Waals surface area contributed by atoms with E-state index in [4.69, 9.17) is 24.3 Å².